The highest BCUT2D eigenvalue weighted by Crippen LogP contribution is 2.36. The second-order valence-corrected chi connectivity index (χ2v) is 7.46. The van der Waals surface area contributed by atoms with Gasteiger partial charge in [-0.2, -0.15) is 0 Å². The van der Waals surface area contributed by atoms with E-state index in [4.69, 9.17) is 5.73 Å². The van der Waals surface area contributed by atoms with Crippen LogP contribution in [0.15, 0.2) is 0 Å². The Kier molecular flexibility index (Phi) is 3.95. The monoisotopic (exact) mass is 250 g/mol. The van der Waals surface area contributed by atoms with Crippen LogP contribution in [0.25, 0.3) is 0 Å². The van der Waals surface area contributed by atoms with Gasteiger partial charge >= 0.3 is 0 Å². The fourth-order valence-corrected chi connectivity index (χ4v) is 4.75. The smallest absolute Gasteiger partial charge is 0.00795 e. The summed E-state index contributed by atoms with van der Waals surface area (Å²) < 4.78 is 0. The van der Waals surface area contributed by atoms with Gasteiger partial charge < -0.3 is 10.6 Å². The standard InChI is InChI=1S/C16H30N2/c1-12-5-6-16(17)15(7-12)11-18-9-13-3-2-4-14(8-13)10-18/h12-16H,2-11,17H2,1H3. The Morgan fingerprint density at radius 3 is 2.44 bits per heavy atom. The van der Waals surface area contributed by atoms with Crippen molar-refractivity contribution >= 4 is 0 Å². The molecule has 3 aliphatic rings. The molecule has 0 aromatic heterocycles. The van der Waals surface area contributed by atoms with Crippen molar-refractivity contribution in [3.63, 3.8) is 0 Å². The van der Waals surface area contributed by atoms with Crippen molar-refractivity contribution in [2.45, 2.75) is 57.9 Å². The maximum absolute atomic E-state index is 6.35. The van der Waals surface area contributed by atoms with E-state index in [-0.39, 0.29) is 0 Å². The molecule has 0 radical (unpaired) electrons. The molecule has 3 rings (SSSR count). The normalized spacial score (nSPS) is 46.0. The highest BCUT2D eigenvalue weighted by Gasteiger charge is 2.33. The number of rotatable bonds is 2. The van der Waals surface area contributed by atoms with E-state index in [0.717, 1.165) is 23.7 Å². The predicted octanol–water partition coefficient (Wildman–Crippen LogP) is 2.87. The third-order valence-corrected chi connectivity index (χ3v) is 5.72. The van der Waals surface area contributed by atoms with Crippen molar-refractivity contribution in [2.75, 3.05) is 19.6 Å². The number of piperidine rings is 1. The molecule has 2 heteroatoms. The first-order valence-corrected chi connectivity index (χ1v) is 8.18. The maximum Gasteiger partial charge on any atom is 0.00795 e. The van der Waals surface area contributed by atoms with Crippen LogP contribution in [0.4, 0.5) is 0 Å². The molecule has 1 heterocycles. The molecule has 2 saturated carbocycles. The van der Waals surface area contributed by atoms with Gasteiger partial charge in [-0.15, -0.1) is 0 Å². The van der Waals surface area contributed by atoms with Crippen molar-refractivity contribution in [1.29, 1.82) is 0 Å². The quantitative estimate of drug-likeness (QED) is 0.816. The fraction of sp³-hybridized carbons (Fsp3) is 1.00. The zero-order chi connectivity index (χ0) is 12.5. The summed E-state index contributed by atoms with van der Waals surface area (Å²) in [6, 6.07) is 0.475. The molecule has 1 saturated heterocycles. The van der Waals surface area contributed by atoms with Crippen LogP contribution in [-0.4, -0.2) is 30.6 Å². The molecule has 2 bridgehead atoms. The second-order valence-electron chi connectivity index (χ2n) is 7.46. The number of likely N-dealkylation sites (tertiary alicyclic amines) is 1. The maximum atomic E-state index is 6.35. The van der Waals surface area contributed by atoms with Gasteiger partial charge in [0.1, 0.15) is 0 Å². The van der Waals surface area contributed by atoms with Crippen LogP contribution in [-0.2, 0) is 0 Å². The van der Waals surface area contributed by atoms with E-state index < -0.39 is 0 Å². The molecular weight excluding hydrogens is 220 g/mol. The van der Waals surface area contributed by atoms with E-state index in [1.54, 1.807) is 0 Å². The zero-order valence-electron chi connectivity index (χ0n) is 12.0. The van der Waals surface area contributed by atoms with Gasteiger partial charge in [0, 0.05) is 25.7 Å². The highest BCUT2D eigenvalue weighted by molar-refractivity contribution is 4.88. The van der Waals surface area contributed by atoms with Crippen molar-refractivity contribution < 1.29 is 0 Å². The molecule has 5 atom stereocenters. The Morgan fingerprint density at radius 2 is 1.72 bits per heavy atom. The predicted molar refractivity (Wildman–Crippen MR) is 76.4 cm³/mol. The van der Waals surface area contributed by atoms with Crippen LogP contribution in [0.1, 0.15) is 51.9 Å². The van der Waals surface area contributed by atoms with Gasteiger partial charge in [-0.3, -0.25) is 0 Å². The molecule has 5 unspecified atom stereocenters. The Bertz CT molecular complexity index is 266. The first-order chi connectivity index (χ1) is 8.70. The van der Waals surface area contributed by atoms with Crippen molar-refractivity contribution in [3.8, 4) is 0 Å². The summed E-state index contributed by atoms with van der Waals surface area (Å²) in [6.07, 6.45) is 9.95. The summed E-state index contributed by atoms with van der Waals surface area (Å²) in [5.74, 6) is 3.69. The van der Waals surface area contributed by atoms with Gasteiger partial charge in [0.05, 0.1) is 0 Å². The number of nitrogens with zero attached hydrogens (tertiary/aromatic N) is 1. The summed E-state index contributed by atoms with van der Waals surface area (Å²) >= 11 is 0. The molecule has 0 amide bonds. The molecule has 18 heavy (non-hydrogen) atoms. The van der Waals surface area contributed by atoms with Gasteiger partial charge in [-0.25, -0.2) is 0 Å². The van der Waals surface area contributed by atoms with Crippen LogP contribution in [0.5, 0.6) is 0 Å². The lowest BCUT2D eigenvalue weighted by atomic mass is 9.76. The molecule has 0 aromatic rings. The molecule has 104 valence electrons. The molecule has 0 aromatic carbocycles. The molecular formula is C16H30N2. The lowest BCUT2D eigenvalue weighted by Gasteiger charge is -2.44. The summed E-state index contributed by atoms with van der Waals surface area (Å²) in [5, 5.41) is 0. The number of hydrogen-bond donors (Lipinski definition) is 1. The molecule has 1 aliphatic heterocycles. The Balaban J connectivity index is 1.55. The van der Waals surface area contributed by atoms with Crippen LogP contribution in [0.3, 0.4) is 0 Å². The first kappa shape index (κ1) is 12.9. The lowest BCUT2D eigenvalue weighted by Crippen LogP contribution is -2.48. The van der Waals surface area contributed by atoms with Crippen LogP contribution in [0.2, 0.25) is 0 Å². The number of fused-ring (bicyclic) bond motifs is 2. The van der Waals surface area contributed by atoms with E-state index in [0.29, 0.717) is 6.04 Å². The molecule has 3 fully saturated rings. The van der Waals surface area contributed by atoms with E-state index in [1.807, 2.05) is 0 Å². The van der Waals surface area contributed by atoms with Crippen LogP contribution < -0.4 is 5.73 Å². The van der Waals surface area contributed by atoms with E-state index in [2.05, 4.69) is 11.8 Å². The Labute approximate surface area is 112 Å². The third-order valence-electron chi connectivity index (χ3n) is 5.72. The van der Waals surface area contributed by atoms with Crippen molar-refractivity contribution in [2.24, 2.45) is 29.4 Å². The van der Waals surface area contributed by atoms with Crippen LogP contribution in [0, 0.1) is 23.7 Å². The molecule has 0 spiro atoms. The largest absolute Gasteiger partial charge is 0.327 e. The second kappa shape index (κ2) is 5.50. The van der Waals surface area contributed by atoms with Crippen LogP contribution >= 0.6 is 0 Å². The SMILES string of the molecule is CC1CCC(N)C(CN2CC3CCCC(C3)C2)C1. The number of hydrogen-bond acceptors (Lipinski definition) is 2. The minimum Gasteiger partial charge on any atom is -0.327 e. The Morgan fingerprint density at radius 1 is 1.00 bits per heavy atom. The summed E-state index contributed by atoms with van der Waals surface area (Å²) in [6.45, 7) is 6.44. The first-order valence-electron chi connectivity index (χ1n) is 8.18. The average molecular weight is 250 g/mol. The minimum absolute atomic E-state index is 0.475. The van der Waals surface area contributed by atoms with Crippen molar-refractivity contribution in [3.05, 3.63) is 0 Å². The van der Waals surface area contributed by atoms with E-state index >= 15 is 0 Å². The van der Waals surface area contributed by atoms with E-state index in [9.17, 15) is 0 Å². The highest BCUT2D eigenvalue weighted by atomic mass is 15.1. The summed E-state index contributed by atoms with van der Waals surface area (Å²) in [5.41, 5.74) is 6.35. The van der Waals surface area contributed by atoms with Gasteiger partial charge in [0.25, 0.3) is 0 Å². The van der Waals surface area contributed by atoms with Gasteiger partial charge in [-0.1, -0.05) is 13.3 Å². The summed E-state index contributed by atoms with van der Waals surface area (Å²) in [7, 11) is 0. The summed E-state index contributed by atoms with van der Waals surface area (Å²) in [4.78, 5) is 2.76. The average Bonchev–Trinajstić information content (AvgIpc) is 2.33. The zero-order valence-corrected chi connectivity index (χ0v) is 12.0. The number of nitrogens with two attached hydrogens (primary N) is 1. The van der Waals surface area contributed by atoms with E-state index in [1.165, 1.54) is 64.6 Å². The topological polar surface area (TPSA) is 29.3 Å². The van der Waals surface area contributed by atoms with Gasteiger partial charge in [0.2, 0.25) is 0 Å². The van der Waals surface area contributed by atoms with Crippen molar-refractivity contribution in [1.82, 2.24) is 4.90 Å². The molecule has 2 aliphatic carbocycles. The lowest BCUT2D eigenvalue weighted by molar-refractivity contribution is 0.0600. The Hall–Kier alpha value is -0.0800. The van der Waals surface area contributed by atoms with Gasteiger partial charge in [0.15, 0.2) is 0 Å². The fourth-order valence-electron chi connectivity index (χ4n) is 4.75. The van der Waals surface area contributed by atoms with Gasteiger partial charge in [-0.05, 0) is 62.2 Å². The third kappa shape index (κ3) is 2.91. The minimum atomic E-state index is 0.475. The molecule has 2 N–H and O–H groups in total. The molecule has 2 nitrogen and oxygen atoms in total.